The number of benzene rings is 3. The SMILES string of the molecule is COCOc1ccccc1-c1ccccc1C(N=NN)=Nc1ccccc1F. The first kappa shape index (κ1) is 19.2. The van der Waals surface area contributed by atoms with Crippen LogP contribution in [0.15, 0.2) is 88.1 Å². The molecule has 0 heterocycles. The van der Waals surface area contributed by atoms with Gasteiger partial charge in [0.25, 0.3) is 0 Å². The second-order valence-electron chi connectivity index (χ2n) is 5.69. The molecule has 7 heteroatoms. The van der Waals surface area contributed by atoms with Gasteiger partial charge in [-0.2, -0.15) is 0 Å². The van der Waals surface area contributed by atoms with Crippen molar-refractivity contribution in [2.45, 2.75) is 0 Å². The Bertz CT molecular complexity index is 1000. The molecule has 3 aromatic carbocycles. The van der Waals surface area contributed by atoms with Crippen molar-refractivity contribution < 1.29 is 13.9 Å². The topological polar surface area (TPSA) is 81.6 Å². The summed E-state index contributed by atoms with van der Waals surface area (Å²) in [4.78, 5) is 4.33. The van der Waals surface area contributed by atoms with E-state index < -0.39 is 5.82 Å². The predicted octanol–water partition coefficient (Wildman–Crippen LogP) is 4.88. The van der Waals surface area contributed by atoms with Crippen molar-refractivity contribution in [3.8, 4) is 16.9 Å². The van der Waals surface area contributed by atoms with Crippen molar-refractivity contribution in [2.75, 3.05) is 13.9 Å². The fraction of sp³-hybridized carbons (Fsp3) is 0.0952. The summed E-state index contributed by atoms with van der Waals surface area (Å²) in [6.45, 7) is 0.109. The van der Waals surface area contributed by atoms with Crippen molar-refractivity contribution in [2.24, 2.45) is 21.2 Å². The van der Waals surface area contributed by atoms with Crippen molar-refractivity contribution >= 4 is 11.5 Å². The number of nitrogens with zero attached hydrogens (tertiary/aromatic N) is 3. The van der Waals surface area contributed by atoms with Crippen molar-refractivity contribution in [3.05, 3.63) is 84.2 Å². The molecule has 0 amide bonds. The maximum atomic E-state index is 14.1. The number of aliphatic imine (C=N–C) groups is 1. The number of amidine groups is 1. The number of halogens is 1. The van der Waals surface area contributed by atoms with Crippen LogP contribution in [0.5, 0.6) is 5.75 Å². The van der Waals surface area contributed by atoms with Gasteiger partial charge in [-0.1, -0.05) is 59.8 Å². The van der Waals surface area contributed by atoms with Crippen LogP contribution in [0.25, 0.3) is 11.1 Å². The fourth-order valence-electron chi connectivity index (χ4n) is 2.70. The van der Waals surface area contributed by atoms with Gasteiger partial charge < -0.3 is 15.3 Å². The van der Waals surface area contributed by atoms with E-state index in [4.69, 9.17) is 15.3 Å². The predicted molar refractivity (Wildman–Crippen MR) is 106 cm³/mol. The summed E-state index contributed by atoms with van der Waals surface area (Å²) in [6.07, 6.45) is 0. The molecule has 0 saturated heterocycles. The van der Waals surface area contributed by atoms with Crippen molar-refractivity contribution in [1.82, 2.24) is 0 Å². The lowest BCUT2D eigenvalue weighted by Gasteiger charge is -2.14. The molecular formula is C21H19FN4O2. The van der Waals surface area contributed by atoms with E-state index >= 15 is 0 Å². The highest BCUT2D eigenvalue weighted by Gasteiger charge is 2.15. The van der Waals surface area contributed by atoms with E-state index in [0.717, 1.165) is 11.1 Å². The highest BCUT2D eigenvalue weighted by atomic mass is 19.1. The van der Waals surface area contributed by atoms with Crippen LogP contribution < -0.4 is 10.6 Å². The first-order valence-corrected chi connectivity index (χ1v) is 8.49. The van der Waals surface area contributed by atoms with E-state index in [1.807, 2.05) is 48.5 Å². The van der Waals surface area contributed by atoms with Gasteiger partial charge in [0, 0.05) is 18.2 Å². The molecule has 2 N–H and O–H groups in total. The summed E-state index contributed by atoms with van der Waals surface area (Å²) in [7, 11) is 1.55. The smallest absolute Gasteiger partial charge is 0.188 e. The maximum Gasteiger partial charge on any atom is 0.188 e. The number of hydrogen-bond acceptors (Lipinski definition) is 4. The minimum atomic E-state index is -0.464. The minimum Gasteiger partial charge on any atom is -0.467 e. The highest BCUT2D eigenvalue weighted by molar-refractivity contribution is 6.06. The molecule has 0 aliphatic rings. The Balaban J connectivity index is 2.15. The summed E-state index contributed by atoms with van der Waals surface area (Å²) in [5.74, 6) is 5.64. The van der Waals surface area contributed by atoms with Crippen LogP contribution in [0.3, 0.4) is 0 Å². The summed E-state index contributed by atoms with van der Waals surface area (Å²) in [5.41, 5.74) is 2.37. The summed E-state index contributed by atoms with van der Waals surface area (Å²) in [6, 6.07) is 21.1. The number of ether oxygens (including phenoxy) is 2. The Hall–Kier alpha value is -3.58. The molecular weight excluding hydrogens is 359 g/mol. The van der Waals surface area contributed by atoms with E-state index in [0.29, 0.717) is 11.3 Å². The van der Waals surface area contributed by atoms with Gasteiger partial charge >= 0.3 is 0 Å². The van der Waals surface area contributed by atoms with Crippen LogP contribution in [0, 0.1) is 5.82 Å². The van der Waals surface area contributed by atoms with Crippen LogP contribution >= 0.6 is 0 Å². The molecule has 28 heavy (non-hydrogen) atoms. The molecule has 0 saturated carbocycles. The number of hydrogen-bond donors (Lipinski definition) is 1. The third-order valence-corrected chi connectivity index (χ3v) is 3.91. The van der Waals surface area contributed by atoms with E-state index in [1.54, 1.807) is 25.3 Å². The fourth-order valence-corrected chi connectivity index (χ4v) is 2.70. The number of para-hydroxylation sites is 2. The van der Waals surface area contributed by atoms with Crippen LogP contribution in [-0.2, 0) is 4.74 Å². The second kappa shape index (κ2) is 9.38. The van der Waals surface area contributed by atoms with Gasteiger partial charge in [-0.15, -0.1) is 5.11 Å². The molecule has 0 spiro atoms. The molecule has 3 rings (SSSR count). The first-order valence-electron chi connectivity index (χ1n) is 8.49. The Labute approximate surface area is 162 Å². The largest absolute Gasteiger partial charge is 0.467 e. The van der Waals surface area contributed by atoms with Crippen LogP contribution in [0.4, 0.5) is 10.1 Å². The van der Waals surface area contributed by atoms with Gasteiger partial charge in [0.2, 0.25) is 0 Å². The van der Waals surface area contributed by atoms with E-state index in [1.165, 1.54) is 6.07 Å². The van der Waals surface area contributed by atoms with Gasteiger partial charge in [0.15, 0.2) is 12.6 Å². The molecule has 0 aromatic heterocycles. The van der Waals surface area contributed by atoms with Gasteiger partial charge in [0.05, 0.1) is 0 Å². The average Bonchev–Trinajstić information content (AvgIpc) is 2.74. The quantitative estimate of drug-likeness (QED) is 0.166. The van der Waals surface area contributed by atoms with Crippen LogP contribution in [0.2, 0.25) is 0 Å². The lowest BCUT2D eigenvalue weighted by Crippen LogP contribution is -2.03. The molecule has 0 aliphatic carbocycles. The summed E-state index contributed by atoms with van der Waals surface area (Å²) in [5, 5.41) is 7.29. The monoisotopic (exact) mass is 378 g/mol. The minimum absolute atomic E-state index is 0.109. The normalized spacial score (nSPS) is 11.7. The number of nitrogens with two attached hydrogens (primary N) is 1. The van der Waals surface area contributed by atoms with Crippen LogP contribution in [-0.4, -0.2) is 19.7 Å². The van der Waals surface area contributed by atoms with E-state index in [-0.39, 0.29) is 18.3 Å². The lowest BCUT2D eigenvalue weighted by atomic mass is 9.98. The van der Waals surface area contributed by atoms with Gasteiger partial charge in [-0.3, -0.25) is 0 Å². The zero-order valence-corrected chi connectivity index (χ0v) is 15.2. The molecule has 0 bridgehead atoms. The Morgan fingerprint density at radius 3 is 2.36 bits per heavy atom. The highest BCUT2D eigenvalue weighted by Crippen LogP contribution is 2.33. The van der Waals surface area contributed by atoms with E-state index in [9.17, 15) is 4.39 Å². The van der Waals surface area contributed by atoms with Crippen molar-refractivity contribution in [1.29, 1.82) is 0 Å². The molecule has 142 valence electrons. The number of methoxy groups -OCH3 is 1. The molecule has 0 radical (unpaired) electrons. The second-order valence-corrected chi connectivity index (χ2v) is 5.69. The zero-order chi connectivity index (χ0) is 19.8. The van der Waals surface area contributed by atoms with Crippen LogP contribution in [0.1, 0.15) is 5.56 Å². The first-order chi connectivity index (χ1) is 13.7. The van der Waals surface area contributed by atoms with Gasteiger partial charge in [-0.25, -0.2) is 9.38 Å². The summed E-state index contributed by atoms with van der Waals surface area (Å²) >= 11 is 0. The Morgan fingerprint density at radius 1 is 0.929 bits per heavy atom. The molecule has 3 aromatic rings. The van der Waals surface area contributed by atoms with E-state index in [2.05, 4.69) is 15.3 Å². The Kier molecular flexibility index (Phi) is 6.43. The van der Waals surface area contributed by atoms with Gasteiger partial charge in [0.1, 0.15) is 17.3 Å². The molecule has 0 atom stereocenters. The third kappa shape index (κ3) is 4.39. The third-order valence-electron chi connectivity index (χ3n) is 3.91. The van der Waals surface area contributed by atoms with Gasteiger partial charge in [-0.05, 0) is 23.8 Å². The molecule has 0 fully saturated rings. The average molecular weight is 378 g/mol. The number of rotatable bonds is 6. The summed E-state index contributed by atoms with van der Waals surface area (Å²) < 4.78 is 24.8. The molecule has 6 nitrogen and oxygen atoms in total. The molecule has 0 aliphatic heterocycles. The zero-order valence-electron chi connectivity index (χ0n) is 15.2. The standard InChI is InChI=1S/C21H19FN4O2/c1-27-14-28-20-13-7-4-9-16(20)15-8-2-3-10-17(15)21(25-26-23)24-19-12-6-5-11-18(19)22/h2-13H,14H2,1H3,(H2,23,24,25). The Morgan fingerprint density at radius 2 is 1.61 bits per heavy atom. The van der Waals surface area contributed by atoms with Crippen molar-refractivity contribution in [3.63, 3.8) is 0 Å². The maximum absolute atomic E-state index is 14.1. The lowest BCUT2D eigenvalue weighted by molar-refractivity contribution is 0.0515. The molecule has 0 unspecified atom stereocenters.